The molecule has 0 aliphatic carbocycles. The van der Waals surface area contributed by atoms with Gasteiger partial charge in [0.25, 0.3) is 0 Å². The number of allylic oxidation sites excluding steroid dienone is 2. The second kappa shape index (κ2) is 9.06. The van der Waals surface area contributed by atoms with Crippen LogP contribution in [0.5, 0.6) is 11.5 Å². The summed E-state index contributed by atoms with van der Waals surface area (Å²) in [6.07, 6.45) is 6.59. The summed E-state index contributed by atoms with van der Waals surface area (Å²) in [5, 5.41) is 12.4. The third-order valence-electron chi connectivity index (χ3n) is 3.03. The van der Waals surface area contributed by atoms with E-state index in [0.717, 1.165) is 18.4 Å². The fourth-order valence-corrected chi connectivity index (χ4v) is 1.87. The lowest BCUT2D eigenvalue weighted by molar-refractivity contribution is -0.121. The fraction of sp³-hybridized carbons (Fsp3) is 0.471. The first-order valence-electron chi connectivity index (χ1n) is 7.32. The summed E-state index contributed by atoms with van der Waals surface area (Å²) in [4.78, 5) is 11.7. The summed E-state index contributed by atoms with van der Waals surface area (Å²) in [5.74, 6) is 1.12. The van der Waals surface area contributed by atoms with E-state index in [1.807, 2.05) is 0 Å². The molecule has 0 saturated carbocycles. The zero-order valence-electron chi connectivity index (χ0n) is 13.1. The molecule has 0 heterocycles. The van der Waals surface area contributed by atoms with Gasteiger partial charge in [-0.25, -0.2) is 0 Å². The fourth-order valence-electron chi connectivity index (χ4n) is 1.87. The minimum absolute atomic E-state index is 0.0417. The van der Waals surface area contributed by atoms with E-state index in [1.165, 1.54) is 7.11 Å². The monoisotopic (exact) mass is 291 g/mol. The first-order chi connectivity index (χ1) is 10.0. The van der Waals surface area contributed by atoms with Crippen molar-refractivity contribution in [3.8, 4) is 11.5 Å². The first-order valence-corrected chi connectivity index (χ1v) is 7.32. The second-order valence-electron chi connectivity index (χ2n) is 5.35. The van der Waals surface area contributed by atoms with Gasteiger partial charge in [-0.05, 0) is 36.5 Å². The van der Waals surface area contributed by atoms with Gasteiger partial charge in [0.1, 0.15) is 0 Å². The largest absolute Gasteiger partial charge is 0.504 e. The molecular weight excluding hydrogens is 266 g/mol. The molecule has 1 aromatic rings. The van der Waals surface area contributed by atoms with Gasteiger partial charge >= 0.3 is 0 Å². The number of carbonyl (C=O) groups is 1. The third-order valence-corrected chi connectivity index (χ3v) is 3.03. The molecule has 1 amide bonds. The van der Waals surface area contributed by atoms with Gasteiger partial charge in [0.05, 0.1) is 7.11 Å². The van der Waals surface area contributed by atoms with Crippen LogP contribution in [0.1, 0.15) is 38.7 Å². The zero-order chi connectivity index (χ0) is 15.7. The standard InChI is InChI=1S/C17H25NO3/c1-13(2)7-5-4-6-8-17(20)18-12-14-9-10-15(19)16(11-14)21-3/h5,7,9-11,13,19H,4,6,8,12H2,1-3H3,(H,18,20). The van der Waals surface area contributed by atoms with Crippen molar-refractivity contribution in [2.75, 3.05) is 7.11 Å². The smallest absolute Gasteiger partial charge is 0.220 e. The Morgan fingerprint density at radius 1 is 1.43 bits per heavy atom. The van der Waals surface area contributed by atoms with Gasteiger partial charge in [-0.15, -0.1) is 0 Å². The van der Waals surface area contributed by atoms with E-state index in [9.17, 15) is 9.90 Å². The maximum absolute atomic E-state index is 11.7. The lowest BCUT2D eigenvalue weighted by atomic mass is 10.1. The van der Waals surface area contributed by atoms with Crippen LogP contribution >= 0.6 is 0 Å². The van der Waals surface area contributed by atoms with Crippen molar-refractivity contribution in [1.29, 1.82) is 0 Å². The van der Waals surface area contributed by atoms with E-state index in [4.69, 9.17) is 4.74 Å². The molecule has 4 nitrogen and oxygen atoms in total. The number of aromatic hydroxyl groups is 1. The molecule has 0 unspecified atom stereocenters. The van der Waals surface area contributed by atoms with Crippen molar-refractivity contribution >= 4 is 5.91 Å². The van der Waals surface area contributed by atoms with Crippen molar-refractivity contribution in [1.82, 2.24) is 5.32 Å². The van der Waals surface area contributed by atoms with Crippen LogP contribution in [0, 0.1) is 5.92 Å². The summed E-state index contributed by atoms with van der Waals surface area (Å²) >= 11 is 0. The van der Waals surface area contributed by atoms with Crippen molar-refractivity contribution in [3.05, 3.63) is 35.9 Å². The van der Waals surface area contributed by atoms with Crippen molar-refractivity contribution < 1.29 is 14.6 Å². The molecule has 0 bridgehead atoms. The highest BCUT2D eigenvalue weighted by Crippen LogP contribution is 2.26. The number of phenolic OH excluding ortho intramolecular Hbond substituents is 1. The topological polar surface area (TPSA) is 58.6 Å². The summed E-state index contributed by atoms with van der Waals surface area (Å²) in [6, 6.07) is 5.06. The lowest BCUT2D eigenvalue weighted by Gasteiger charge is -2.08. The number of hydrogen-bond acceptors (Lipinski definition) is 3. The van der Waals surface area contributed by atoms with Crippen LogP contribution in [0.25, 0.3) is 0 Å². The number of hydrogen-bond donors (Lipinski definition) is 2. The first kappa shape index (κ1) is 17.1. The molecule has 0 radical (unpaired) electrons. The molecule has 0 saturated heterocycles. The highest BCUT2D eigenvalue weighted by molar-refractivity contribution is 5.75. The number of methoxy groups -OCH3 is 1. The summed E-state index contributed by atoms with van der Waals surface area (Å²) in [5.41, 5.74) is 0.901. The SMILES string of the molecule is COc1cc(CNC(=O)CCCC=CC(C)C)ccc1O. The predicted octanol–water partition coefficient (Wildman–Crippen LogP) is 3.40. The predicted molar refractivity (Wildman–Crippen MR) is 84.3 cm³/mol. The van der Waals surface area contributed by atoms with Crippen LogP contribution in [0.15, 0.2) is 30.4 Å². The molecule has 0 fully saturated rings. The number of amides is 1. The minimum Gasteiger partial charge on any atom is -0.504 e. The number of ether oxygens (including phenoxy) is 1. The van der Waals surface area contributed by atoms with Gasteiger partial charge in [-0.2, -0.15) is 0 Å². The Morgan fingerprint density at radius 2 is 2.19 bits per heavy atom. The molecule has 1 aromatic carbocycles. The van der Waals surface area contributed by atoms with E-state index in [0.29, 0.717) is 24.6 Å². The second-order valence-corrected chi connectivity index (χ2v) is 5.35. The number of unbranched alkanes of at least 4 members (excludes halogenated alkanes) is 1. The average Bonchev–Trinajstić information content (AvgIpc) is 2.45. The maximum Gasteiger partial charge on any atom is 0.220 e. The Bertz CT molecular complexity index is 481. The van der Waals surface area contributed by atoms with Crippen LogP contribution in [-0.4, -0.2) is 18.1 Å². The number of nitrogens with one attached hydrogen (secondary N) is 1. The van der Waals surface area contributed by atoms with Crippen molar-refractivity contribution in [3.63, 3.8) is 0 Å². The Morgan fingerprint density at radius 3 is 2.86 bits per heavy atom. The molecule has 4 heteroatoms. The number of rotatable bonds is 8. The Kier molecular flexibility index (Phi) is 7.37. The summed E-state index contributed by atoms with van der Waals surface area (Å²) in [7, 11) is 1.50. The summed E-state index contributed by atoms with van der Waals surface area (Å²) < 4.78 is 5.03. The zero-order valence-corrected chi connectivity index (χ0v) is 13.1. The number of carbonyl (C=O) groups excluding carboxylic acids is 1. The molecule has 1 rings (SSSR count). The Hall–Kier alpha value is -1.97. The maximum atomic E-state index is 11.7. The highest BCUT2D eigenvalue weighted by Gasteiger charge is 2.04. The van der Waals surface area contributed by atoms with Gasteiger partial charge in [-0.1, -0.05) is 32.1 Å². The van der Waals surface area contributed by atoms with Crippen LogP contribution in [0.4, 0.5) is 0 Å². The number of benzene rings is 1. The van der Waals surface area contributed by atoms with Crippen molar-refractivity contribution in [2.45, 2.75) is 39.7 Å². The molecule has 2 N–H and O–H groups in total. The van der Waals surface area contributed by atoms with E-state index >= 15 is 0 Å². The molecule has 0 aromatic heterocycles. The number of phenols is 1. The Balaban J connectivity index is 2.30. The van der Waals surface area contributed by atoms with Gasteiger partial charge < -0.3 is 15.2 Å². The molecule has 21 heavy (non-hydrogen) atoms. The van der Waals surface area contributed by atoms with E-state index in [2.05, 4.69) is 31.3 Å². The van der Waals surface area contributed by atoms with Gasteiger partial charge in [-0.3, -0.25) is 4.79 Å². The van der Waals surface area contributed by atoms with Gasteiger partial charge in [0.2, 0.25) is 5.91 Å². The quantitative estimate of drug-likeness (QED) is 0.570. The average molecular weight is 291 g/mol. The molecule has 0 aliphatic heterocycles. The Labute approximate surface area is 126 Å². The molecule has 116 valence electrons. The van der Waals surface area contributed by atoms with Crippen LogP contribution in [-0.2, 0) is 11.3 Å². The molecule has 0 aliphatic rings. The summed E-state index contributed by atoms with van der Waals surface area (Å²) in [6.45, 7) is 4.71. The normalized spacial score (nSPS) is 11.0. The molecular formula is C17H25NO3. The van der Waals surface area contributed by atoms with Gasteiger partial charge in [0.15, 0.2) is 11.5 Å². The lowest BCUT2D eigenvalue weighted by Crippen LogP contribution is -2.22. The van der Waals surface area contributed by atoms with E-state index < -0.39 is 0 Å². The van der Waals surface area contributed by atoms with Crippen molar-refractivity contribution in [2.24, 2.45) is 5.92 Å². The van der Waals surface area contributed by atoms with Gasteiger partial charge in [0, 0.05) is 13.0 Å². The third kappa shape index (κ3) is 6.84. The van der Waals surface area contributed by atoms with E-state index in [-0.39, 0.29) is 11.7 Å². The van der Waals surface area contributed by atoms with Crippen LogP contribution in [0.2, 0.25) is 0 Å². The molecule has 0 spiro atoms. The van der Waals surface area contributed by atoms with E-state index in [1.54, 1.807) is 18.2 Å². The molecule has 0 atom stereocenters. The minimum atomic E-state index is 0.0417. The van der Waals surface area contributed by atoms with Crippen LogP contribution in [0.3, 0.4) is 0 Å². The van der Waals surface area contributed by atoms with Crippen LogP contribution < -0.4 is 10.1 Å². The highest BCUT2D eigenvalue weighted by atomic mass is 16.5.